The van der Waals surface area contributed by atoms with Crippen LogP contribution in [0.4, 0.5) is 0 Å². The average molecular weight is 211 g/mol. The molecule has 1 nitrogen and oxygen atoms in total. The van der Waals surface area contributed by atoms with Crippen LogP contribution in [0.5, 0.6) is 0 Å². The standard InChI is InChI=1S/C14H29N/c1-11-10-12(13(2,3)4)8-9-15(11)14(5,6)7/h11-12H,8-10H2,1-7H3/t11-,12?/m1/s1. The van der Waals surface area contributed by atoms with E-state index in [9.17, 15) is 0 Å². The molecule has 0 aromatic rings. The van der Waals surface area contributed by atoms with Crippen molar-refractivity contribution in [3.8, 4) is 0 Å². The maximum absolute atomic E-state index is 2.66. The van der Waals surface area contributed by atoms with E-state index in [2.05, 4.69) is 53.4 Å². The van der Waals surface area contributed by atoms with Crippen LogP contribution in [0.3, 0.4) is 0 Å². The minimum Gasteiger partial charge on any atom is -0.296 e. The van der Waals surface area contributed by atoms with E-state index in [4.69, 9.17) is 0 Å². The van der Waals surface area contributed by atoms with Crippen molar-refractivity contribution in [1.82, 2.24) is 4.90 Å². The molecule has 1 aliphatic rings. The molecule has 2 atom stereocenters. The van der Waals surface area contributed by atoms with Gasteiger partial charge < -0.3 is 0 Å². The number of piperidine rings is 1. The summed E-state index contributed by atoms with van der Waals surface area (Å²) >= 11 is 0. The van der Waals surface area contributed by atoms with Gasteiger partial charge in [-0.25, -0.2) is 0 Å². The molecule has 0 amide bonds. The molecule has 1 fully saturated rings. The van der Waals surface area contributed by atoms with Gasteiger partial charge in [0.2, 0.25) is 0 Å². The number of hydrogen-bond donors (Lipinski definition) is 0. The third-order valence-electron chi connectivity index (χ3n) is 3.96. The topological polar surface area (TPSA) is 3.24 Å². The lowest BCUT2D eigenvalue weighted by atomic mass is 9.73. The van der Waals surface area contributed by atoms with E-state index in [0.29, 0.717) is 11.0 Å². The normalized spacial score (nSPS) is 30.6. The third kappa shape index (κ3) is 3.21. The predicted octanol–water partition coefficient (Wildman–Crippen LogP) is 3.93. The summed E-state index contributed by atoms with van der Waals surface area (Å²) in [6.07, 6.45) is 2.73. The molecular formula is C14H29N. The second-order valence-corrected chi connectivity index (χ2v) is 7.30. The molecule has 0 saturated carbocycles. The molecule has 0 aliphatic carbocycles. The molecule has 1 rings (SSSR count). The second-order valence-electron chi connectivity index (χ2n) is 7.30. The molecular weight excluding hydrogens is 182 g/mol. The first-order valence-electron chi connectivity index (χ1n) is 6.39. The molecule has 1 heteroatoms. The van der Waals surface area contributed by atoms with Crippen LogP contribution in [0.2, 0.25) is 0 Å². The Balaban J connectivity index is 2.64. The Labute approximate surface area is 96.2 Å². The van der Waals surface area contributed by atoms with Crippen LogP contribution in [-0.2, 0) is 0 Å². The number of likely N-dealkylation sites (tertiary alicyclic amines) is 1. The molecule has 0 aromatic carbocycles. The quantitative estimate of drug-likeness (QED) is 0.587. The Kier molecular flexibility index (Phi) is 3.55. The number of hydrogen-bond acceptors (Lipinski definition) is 1. The van der Waals surface area contributed by atoms with Gasteiger partial charge >= 0.3 is 0 Å². The van der Waals surface area contributed by atoms with Gasteiger partial charge in [-0.15, -0.1) is 0 Å². The van der Waals surface area contributed by atoms with Crippen LogP contribution >= 0.6 is 0 Å². The van der Waals surface area contributed by atoms with Gasteiger partial charge in [-0.2, -0.15) is 0 Å². The van der Waals surface area contributed by atoms with Crippen molar-refractivity contribution in [3.63, 3.8) is 0 Å². The van der Waals surface area contributed by atoms with E-state index in [1.165, 1.54) is 19.4 Å². The SMILES string of the molecule is C[C@@H]1CC(C(C)(C)C)CCN1C(C)(C)C. The zero-order valence-corrected chi connectivity index (χ0v) is 11.7. The van der Waals surface area contributed by atoms with Gasteiger partial charge in [0, 0.05) is 11.6 Å². The van der Waals surface area contributed by atoms with Gasteiger partial charge in [0.1, 0.15) is 0 Å². The van der Waals surface area contributed by atoms with E-state index in [1.54, 1.807) is 0 Å². The van der Waals surface area contributed by atoms with Gasteiger partial charge in [-0.1, -0.05) is 20.8 Å². The lowest BCUT2D eigenvalue weighted by molar-refractivity contribution is 0.0111. The Morgan fingerprint density at radius 3 is 1.87 bits per heavy atom. The highest BCUT2D eigenvalue weighted by molar-refractivity contribution is 4.90. The second kappa shape index (κ2) is 4.08. The average Bonchev–Trinajstić information content (AvgIpc) is 1.99. The van der Waals surface area contributed by atoms with Crippen molar-refractivity contribution in [2.45, 2.75) is 72.9 Å². The monoisotopic (exact) mass is 211 g/mol. The summed E-state index contributed by atoms with van der Waals surface area (Å²) in [5.41, 5.74) is 0.820. The van der Waals surface area contributed by atoms with Crippen molar-refractivity contribution in [2.75, 3.05) is 6.54 Å². The van der Waals surface area contributed by atoms with Gasteiger partial charge in [0.15, 0.2) is 0 Å². The van der Waals surface area contributed by atoms with Crippen LogP contribution < -0.4 is 0 Å². The van der Waals surface area contributed by atoms with Crippen LogP contribution in [0.25, 0.3) is 0 Å². The zero-order chi connectivity index (χ0) is 11.9. The minimum absolute atomic E-state index is 0.336. The lowest BCUT2D eigenvalue weighted by Gasteiger charge is -2.48. The first-order valence-corrected chi connectivity index (χ1v) is 6.39. The molecule has 90 valence electrons. The molecule has 1 saturated heterocycles. The number of nitrogens with zero attached hydrogens (tertiary/aromatic N) is 1. The van der Waals surface area contributed by atoms with Gasteiger partial charge in [0.05, 0.1) is 0 Å². The summed E-state index contributed by atoms with van der Waals surface area (Å²) in [7, 11) is 0. The summed E-state index contributed by atoms with van der Waals surface area (Å²) < 4.78 is 0. The molecule has 0 spiro atoms. The fourth-order valence-electron chi connectivity index (χ4n) is 2.96. The Morgan fingerprint density at radius 2 is 1.53 bits per heavy atom. The van der Waals surface area contributed by atoms with Crippen LogP contribution in [0, 0.1) is 11.3 Å². The fraction of sp³-hybridized carbons (Fsp3) is 1.00. The lowest BCUT2D eigenvalue weighted by Crippen LogP contribution is -2.52. The summed E-state index contributed by atoms with van der Waals surface area (Å²) in [5.74, 6) is 0.895. The van der Waals surface area contributed by atoms with Gasteiger partial charge in [-0.3, -0.25) is 4.90 Å². The van der Waals surface area contributed by atoms with Crippen LogP contribution in [0.15, 0.2) is 0 Å². The van der Waals surface area contributed by atoms with Gasteiger partial charge in [-0.05, 0) is 58.4 Å². The third-order valence-corrected chi connectivity index (χ3v) is 3.96. The van der Waals surface area contributed by atoms with E-state index in [1.807, 2.05) is 0 Å². The van der Waals surface area contributed by atoms with E-state index in [-0.39, 0.29) is 0 Å². The Morgan fingerprint density at radius 1 is 1.00 bits per heavy atom. The molecule has 1 unspecified atom stereocenters. The smallest absolute Gasteiger partial charge is 0.0127 e. The van der Waals surface area contributed by atoms with E-state index >= 15 is 0 Å². The highest BCUT2D eigenvalue weighted by Gasteiger charge is 2.36. The first kappa shape index (κ1) is 13.0. The van der Waals surface area contributed by atoms with Crippen molar-refractivity contribution in [3.05, 3.63) is 0 Å². The van der Waals surface area contributed by atoms with E-state index < -0.39 is 0 Å². The Hall–Kier alpha value is -0.0400. The predicted molar refractivity (Wildman–Crippen MR) is 68.1 cm³/mol. The highest BCUT2D eigenvalue weighted by Crippen LogP contribution is 2.38. The van der Waals surface area contributed by atoms with Crippen LogP contribution in [-0.4, -0.2) is 23.0 Å². The molecule has 1 aliphatic heterocycles. The van der Waals surface area contributed by atoms with Crippen molar-refractivity contribution in [2.24, 2.45) is 11.3 Å². The summed E-state index contributed by atoms with van der Waals surface area (Å²) in [6, 6.07) is 0.739. The summed E-state index contributed by atoms with van der Waals surface area (Å²) in [5, 5.41) is 0. The van der Waals surface area contributed by atoms with E-state index in [0.717, 1.165) is 12.0 Å². The molecule has 1 heterocycles. The number of rotatable bonds is 0. The van der Waals surface area contributed by atoms with Gasteiger partial charge in [0.25, 0.3) is 0 Å². The molecule has 15 heavy (non-hydrogen) atoms. The first-order chi connectivity index (χ1) is 6.62. The van der Waals surface area contributed by atoms with Crippen LogP contribution in [0.1, 0.15) is 61.3 Å². The Bertz CT molecular complexity index is 206. The van der Waals surface area contributed by atoms with Crippen molar-refractivity contribution >= 4 is 0 Å². The van der Waals surface area contributed by atoms with Crippen molar-refractivity contribution < 1.29 is 0 Å². The minimum atomic E-state index is 0.336. The summed E-state index contributed by atoms with van der Waals surface area (Å²) in [6.45, 7) is 17.8. The summed E-state index contributed by atoms with van der Waals surface area (Å²) in [4.78, 5) is 2.66. The molecule has 0 N–H and O–H groups in total. The molecule has 0 radical (unpaired) electrons. The molecule has 0 bridgehead atoms. The molecule has 0 aromatic heterocycles. The largest absolute Gasteiger partial charge is 0.296 e. The maximum atomic E-state index is 2.66. The fourth-order valence-corrected chi connectivity index (χ4v) is 2.96. The maximum Gasteiger partial charge on any atom is 0.0127 e. The highest BCUT2D eigenvalue weighted by atomic mass is 15.2. The zero-order valence-electron chi connectivity index (χ0n) is 11.7. The van der Waals surface area contributed by atoms with Crippen molar-refractivity contribution in [1.29, 1.82) is 0 Å².